The zero-order valence-corrected chi connectivity index (χ0v) is 9.88. The van der Waals surface area contributed by atoms with Gasteiger partial charge in [-0.1, -0.05) is 39.1 Å². The third-order valence-electron chi connectivity index (χ3n) is 1.19. The van der Waals surface area contributed by atoms with Gasteiger partial charge < -0.3 is 0 Å². The molecule has 0 atom stereocenters. The van der Waals surface area contributed by atoms with Crippen molar-refractivity contribution in [2.24, 2.45) is 0 Å². The molecule has 0 bridgehead atoms. The van der Waals surface area contributed by atoms with Gasteiger partial charge in [0, 0.05) is 0 Å². The SMILES string of the molecule is O=C(CBr)c1c(Cl)nc(Cl)nc1Cl. The number of alkyl halides is 1. The van der Waals surface area contributed by atoms with Gasteiger partial charge in [0.2, 0.25) is 5.28 Å². The Labute approximate surface area is 97.5 Å². The number of halogens is 4. The van der Waals surface area contributed by atoms with E-state index in [1.807, 2.05) is 0 Å². The molecule has 13 heavy (non-hydrogen) atoms. The van der Waals surface area contributed by atoms with Crippen LogP contribution in [-0.2, 0) is 0 Å². The van der Waals surface area contributed by atoms with Crippen LogP contribution in [0, 0.1) is 0 Å². The van der Waals surface area contributed by atoms with Gasteiger partial charge in [0.15, 0.2) is 5.78 Å². The molecule has 1 rings (SSSR count). The second-order valence-corrected chi connectivity index (χ2v) is 3.62. The third kappa shape index (κ3) is 2.53. The van der Waals surface area contributed by atoms with Crippen molar-refractivity contribution in [1.82, 2.24) is 9.97 Å². The van der Waals surface area contributed by atoms with Crippen molar-refractivity contribution in [1.29, 1.82) is 0 Å². The lowest BCUT2D eigenvalue weighted by atomic mass is 10.2. The van der Waals surface area contributed by atoms with Crippen molar-refractivity contribution in [3.8, 4) is 0 Å². The Morgan fingerprint density at radius 3 is 2.08 bits per heavy atom. The van der Waals surface area contributed by atoms with Crippen LogP contribution in [0.2, 0.25) is 15.6 Å². The molecule has 1 heterocycles. The number of carbonyl (C=O) groups is 1. The van der Waals surface area contributed by atoms with E-state index in [4.69, 9.17) is 34.8 Å². The van der Waals surface area contributed by atoms with E-state index in [2.05, 4.69) is 25.9 Å². The topological polar surface area (TPSA) is 42.9 Å². The van der Waals surface area contributed by atoms with E-state index in [0.29, 0.717) is 0 Å². The van der Waals surface area contributed by atoms with Crippen molar-refractivity contribution in [3.05, 3.63) is 21.2 Å². The predicted molar refractivity (Wildman–Crippen MR) is 55.2 cm³/mol. The molecule has 0 N–H and O–H groups in total. The van der Waals surface area contributed by atoms with E-state index in [9.17, 15) is 4.79 Å². The molecule has 0 saturated carbocycles. The monoisotopic (exact) mass is 302 g/mol. The van der Waals surface area contributed by atoms with Gasteiger partial charge in [-0.25, -0.2) is 9.97 Å². The van der Waals surface area contributed by atoms with Crippen LogP contribution in [0.1, 0.15) is 10.4 Å². The summed E-state index contributed by atoms with van der Waals surface area (Å²) in [5, 5.41) is -0.0396. The minimum absolute atomic E-state index is 0.0329. The lowest BCUT2D eigenvalue weighted by Crippen LogP contribution is -2.05. The number of hydrogen-bond donors (Lipinski definition) is 0. The molecule has 0 unspecified atom stereocenters. The van der Waals surface area contributed by atoms with Crippen LogP contribution < -0.4 is 0 Å². The maximum atomic E-state index is 11.2. The van der Waals surface area contributed by atoms with E-state index in [0.717, 1.165) is 0 Å². The van der Waals surface area contributed by atoms with Crippen LogP contribution >= 0.6 is 50.7 Å². The molecule has 3 nitrogen and oxygen atoms in total. The summed E-state index contributed by atoms with van der Waals surface area (Å²) >= 11 is 19.7. The summed E-state index contributed by atoms with van der Waals surface area (Å²) in [7, 11) is 0. The maximum absolute atomic E-state index is 11.2. The molecule has 0 aliphatic carbocycles. The Morgan fingerprint density at radius 1 is 1.23 bits per heavy atom. The van der Waals surface area contributed by atoms with Gasteiger partial charge in [0.1, 0.15) is 10.3 Å². The van der Waals surface area contributed by atoms with E-state index >= 15 is 0 Å². The number of Topliss-reactive ketones (excluding diaryl/α,β-unsaturated/α-hetero) is 1. The molecule has 0 aromatic carbocycles. The van der Waals surface area contributed by atoms with Crippen LogP contribution in [0.25, 0.3) is 0 Å². The van der Waals surface area contributed by atoms with Crippen molar-refractivity contribution in [2.75, 3.05) is 5.33 Å². The fourth-order valence-electron chi connectivity index (χ4n) is 0.681. The summed E-state index contributed by atoms with van der Waals surface area (Å²) in [6.07, 6.45) is 0. The molecule has 0 spiro atoms. The van der Waals surface area contributed by atoms with Gasteiger partial charge in [-0.2, -0.15) is 0 Å². The quantitative estimate of drug-likeness (QED) is 0.365. The van der Waals surface area contributed by atoms with Gasteiger partial charge in [-0.3, -0.25) is 4.79 Å². The number of rotatable bonds is 2. The standard InChI is InChI=1S/C6H2BrCl3N2O/c7-1-2(13)3-4(8)11-6(10)12-5(3)9/h1H2. The first-order valence-corrected chi connectivity index (χ1v) is 5.29. The molecular formula is C6H2BrCl3N2O. The molecule has 1 aromatic rings. The molecule has 1 aromatic heterocycles. The summed E-state index contributed by atoms with van der Waals surface area (Å²) < 4.78 is 0. The number of carbonyl (C=O) groups excluding carboxylic acids is 1. The Kier molecular flexibility index (Phi) is 3.91. The van der Waals surface area contributed by atoms with Crippen LogP contribution in [-0.4, -0.2) is 21.1 Å². The Bertz CT molecular complexity index is 335. The fraction of sp³-hybridized carbons (Fsp3) is 0.167. The van der Waals surface area contributed by atoms with Crippen LogP contribution in [0.4, 0.5) is 0 Å². The normalized spacial score (nSPS) is 10.2. The zero-order valence-electron chi connectivity index (χ0n) is 6.02. The van der Waals surface area contributed by atoms with Crippen LogP contribution in [0.3, 0.4) is 0 Å². The minimum Gasteiger partial charge on any atom is -0.293 e. The highest BCUT2D eigenvalue weighted by Gasteiger charge is 2.16. The highest BCUT2D eigenvalue weighted by molar-refractivity contribution is 9.09. The lowest BCUT2D eigenvalue weighted by Gasteiger charge is -2.01. The van der Waals surface area contributed by atoms with Gasteiger partial charge in [-0.15, -0.1) is 0 Å². The maximum Gasteiger partial charge on any atom is 0.225 e. The number of ketones is 1. The smallest absolute Gasteiger partial charge is 0.225 e. The average molecular weight is 304 g/mol. The van der Waals surface area contributed by atoms with Crippen molar-refractivity contribution >= 4 is 56.5 Å². The predicted octanol–water partition coefficient (Wildman–Crippen LogP) is 3.01. The average Bonchev–Trinajstić information content (AvgIpc) is 2.02. The third-order valence-corrected chi connectivity index (χ3v) is 2.42. The molecule has 70 valence electrons. The Hall–Kier alpha value is 0.1000. The summed E-state index contributed by atoms with van der Waals surface area (Å²) in [5.74, 6) is -0.285. The minimum atomic E-state index is -0.285. The van der Waals surface area contributed by atoms with E-state index in [-0.39, 0.29) is 32.3 Å². The van der Waals surface area contributed by atoms with Gasteiger partial charge in [0.25, 0.3) is 0 Å². The van der Waals surface area contributed by atoms with Gasteiger partial charge in [0.05, 0.1) is 10.9 Å². The molecule has 0 aliphatic heterocycles. The molecule has 0 saturated heterocycles. The molecule has 0 aliphatic rings. The first kappa shape index (κ1) is 11.2. The summed E-state index contributed by atoms with van der Waals surface area (Å²) in [5.41, 5.74) is 0.0876. The molecular weight excluding hydrogens is 302 g/mol. The first-order valence-electron chi connectivity index (χ1n) is 3.04. The first-order chi connectivity index (χ1) is 6.06. The molecule has 0 amide bonds. The summed E-state index contributed by atoms with van der Waals surface area (Å²) in [4.78, 5) is 18.4. The second-order valence-electron chi connectivity index (χ2n) is 2.01. The number of aromatic nitrogens is 2. The second kappa shape index (κ2) is 4.55. The zero-order chi connectivity index (χ0) is 10.0. The van der Waals surface area contributed by atoms with E-state index in [1.54, 1.807) is 0 Å². The molecule has 0 radical (unpaired) electrons. The van der Waals surface area contributed by atoms with Gasteiger partial charge >= 0.3 is 0 Å². The Morgan fingerprint density at radius 2 is 1.69 bits per heavy atom. The van der Waals surface area contributed by atoms with Crippen molar-refractivity contribution < 1.29 is 4.79 Å². The fourth-order valence-corrected chi connectivity index (χ4v) is 1.82. The van der Waals surface area contributed by atoms with Crippen molar-refractivity contribution in [2.45, 2.75) is 0 Å². The highest BCUT2D eigenvalue weighted by atomic mass is 79.9. The Balaban J connectivity index is 3.28. The van der Waals surface area contributed by atoms with Crippen LogP contribution in [0.15, 0.2) is 0 Å². The summed E-state index contributed by atoms with van der Waals surface area (Å²) in [6, 6.07) is 0. The largest absolute Gasteiger partial charge is 0.293 e. The molecule has 0 fully saturated rings. The van der Waals surface area contributed by atoms with E-state index in [1.165, 1.54) is 0 Å². The van der Waals surface area contributed by atoms with E-state index < -0.39 is 0 Å². The lowest BCUT2D eigenvalue weighted by molar-refractivity contribution is 0.102. The number of nitrogens with zero attached hydrogens (tertiary/aromatic N) is 2. The molecule has 7 heteroatoms. The van der Waals surface area contributed by atoms with Gasteiger partial charge in [-0.05, 0) is 11.6 Å². The highest BCUT2D eigenvalue weighted by Crippen LogP contribution is 2.23. The summed E-state index contributed by atoms with van der Waals surface area (Å²) in [6.45, 7) is 0. The van der Waals surface area contributed by atoms with Crippen molar-refractivity contribution in [3.63, 3.8) is 0 Å². The van der Waals surface area contributed by atoms with Crippen LogP contribution in [0.5, 0.6) is 0 Å². The number of hydrogen-bond acceptors (Lipinski definition) is 3.